The Morgan fingerprint density at radius 2 is 1.93 bits per heavy atom. The molecule has 0 radical (unpaired) electrons. The van der Waals surface area contributed by atoms with Gasteiger partial charge in [-0.25, -0.2) is 9.19 Å². The molecule has 162 valence electrons. The second-order valence-electron chi connectivity index (χ2n) is 6.68. The maximum absolute atomic E-state index is 12.5. The molecule has 1 amide bonds. The third-order valence-corrected chi connectivity index (χ3v) is 5.29. The van der Waals surface area contributed by atoms with Gasteiger partial charge in [0.1, 0.15) is 22.6 Å². The quantitative estimate of drug-likeness (QED) is 0.444. The number of anilines is 2. The molecule has 1 heterocycles. The van der Waals surface area contributed by atoms with Crippen molar-refractivity contribution >= 4 is 28.5 Å². The van der Waals surface area contributed by atoms with Crippen LogP contribution in [0.1, 0.15) is 56.3 Å². The molecule has 0 aromatic carbocycles. The number of aliphatic hydroxyl groups excluding tert-OH is 1. The largest absolute Gasteiger partial charge is 0.395 e. The summed E-state index contributed by atoms with van der Waals surface area (Å²) < 4.78 is 13.9. The molecule has 29 heavy (non-hydrogen) atoms. The standard InChI is InChI=1S/C20H33N5O3S/c1-4-6-7-12-24(13-8-9-21)18-15-17(20(27)22-10-14-26)16-19(23-18)25(11-5-2)29(3)28/h15-16,26H,4-8,10-14H2,1-3H3,(H,22,27). The third-order valence-electron chi connectivity index (χ3n) is 4.30. The number of hydrogen-bond acceptors (Lipinski definition) is 6. The van der Waals surface area contributed by atoms with E-state index in [2.05, 4.69) is 23.3 Å². The van der Waals surface area contributed by atoms with Crippen molar-refractivity contribution in [2.24, 2.45) is 0 Å². The number of amides is 1. The van der Waals surface area contributed by atoms with Crippen LogP contribution in [0.25, 0.3) is 0 Å². The molecule has 9 heteroatoms. The molecule has 0 spiro atoms. The van der Waals surface area contributed by atoms with Crippen LogP contribution in [-0.4, -0.2) is 59.2 Å². The van der Waals surface area contributed by atoms with E-state index in [-0.39, 0.29) is 19.1 Å². The highest BCUT2D eigenvalue weighted by Gasteiger charge is 2.19. The Morgan fingerprint density at radius 3 is 2.52 bits per heavy atom. The van der Waals surface area contributed by atoms with E-state index >= 15 is 0 Å². The van der Waals surface area contributed by atoms with E-state index in [0.717, 1.165) is 32.2 Å². The third kappa shape index (κ3) is 8.38. The van der Waals surface area contributed by atoms with Gasteiger partial charge in [0.2, 0.25) is 0 Å². The molecular weight excluding hydrogens is 390 g/mol. The Kier molecular flexibility index (Phi) is 11.9. The number of aromatic nitrogens is 1. The van der Waals surface area contributed by atoms with Crippen LogP contribution in [0.4, 0.5) is 11.6 Å². The van der Waals surface area contributed by atoms with Gasteiger partial charge in [0.05, 0.1) is 19.1 Å². The van der Waals surface area contributed by atoms with Crippen LogP contribution in [0, 0.1) is 11.3 Å². The minimum atomic E-state index is -1.29. The van der Waals surface area contributed by atoms with Gasteiger partial charge in [-0.05, 0) is 25.0 Å². The summed E-state index contributed by atoms with van der Waals surface area (Å²) in [5.41, 5.74) is 0.391. The zero-order valence-electron chi connectivity index (χ0n) is 17.7. The predicted octanol–water partition coefficient (Wildman–Crippen LogP) is 2.22. The molecule has 1 unspecified atom stereocenters. The van der Waals surface area contributed by atoms with Crippen molar-refractivity contribution in [1.82, 2.24) is 10.3 Å². The van der Waals surface area contributed by atoms with E-state index in [4.69, 9.17) is 10.4 Å². The van der Waals surface area contributed by atoms with E-state index < -0.39 is 11.0 Å². The fraction of sp³-hybridized carbons (Fsp3) is 0.650. The molecule has 0 bridgehead atoms. The Labute approximate surface area is 176 Å². The van der Waals surface area contributed by atoms with E-state index in [1.807, 2.05) is 11.8 Å². The molecular formula is C20H33N5O3S. The highest BCUT2D eigenvalue weighted by molar-refractivity contribution is 7.85. The lowest BCUT2D eigenvalue weighted by Crippen LogP contribution is -2.31. The summed E-state index contributed by atoms with van der Waals surface area (Å²) in [6.45, 7) is 5.90. The first-order valence-corrected chi connectivity index (χ1v) is 11.6. The van der Waals surface area contributed by atoms with Crippen LogP contribution in [0.2, 0.25) is 0 Å². The summed E-state index contributed by atoms with van der Waals surface area (Å²) in [4.78, 5) is 19.2. The van der Waals surface area contributed by atoms with Crippen molar-refractivity contribution in [3.8, 4) is 6.07 Å². The highest BCUT2D eigenvalue weighted by Crippen LogP contribution is 2.23. The number of aliphatic hydroxyl groups is 1. The first kappa shape index (κ1) is 24.9. The van der Waals surface area contributed by atoms with E-state index in [1.54, 1.807) is 22.7 Å². The Bertz CT molecular complexity index is 708. The summed E-state index contributed by atoms with van der Waals surface area (Å²) in [6.07, 6.45) is 5.82. The van der Waals surface area contributed by atoms with Crippen molar-refractivity contribution in [2.45, 2.75) is 46.0 Å². The van der Waals surface area contributed by atoms with Crippen LogP contribution in [-0.2, 0) is 11.0 Å². The first-order chi connectivity index (χ1) is 14.0. The lowest BCUT2D eigenvalue weighted by molar-refractivity contribution is 0.0944. The minimum Gasteiger partial charge on any atom is -0.395 e. The molecule has 0 aliphatic carbocycles. The molecule has 0 saturated carbocycles. The summed E-state index contributed by atoms with van der Waals surface area (Å²) >= 11 is 0. The molecule has 1 atom stereocenters. The van der Waals surface area contributed by atoms with Gasteiger partial charge in [0.15, 0.2) is 0 Å². The lowest BCUT2D eigenvalue weighted by atomic mass is 10.2. The number of nitriles is 1. The Balaban J connectivity index is 3.35. The highest BCUT2D eigenvalue weighted by atomic mass is 32.2. The smallest absolute Gasteiger partial charge is 0.251 e. The normalized spacial score (nSPS) is 11.6. The van der Waals surface area contributed by atoms with Crippen molar-refractivity contribution in [3.63, 3.8) is 0 Å². The van der Waals surface area contributed by atoms with Gasteiger partial charge in [0, 0.05) is 38.0 Å². The summed E-state index contributed by atoms with van der Waals surface area (Å²) in [7, 11) is -1.29. The molecule has 1 aromatic rings. The van der Waals surface area contributed by atoms with Crippen molar-refractivity contribution in [3.05, 3.63) is 17.7 Å². The zero-order chi connectivity index (χ0) is 21.6. The van der Waals surface area contributed by atoms with Gasteiger partial charge in [-0.3, -0.25) is 9.10 Å². The molecule has 0 fully saturated rings. The Hall–Kier alpha value is -2.18. The second-order valence-corrected chi connectivity index (χ2v) is 7.97. The van der Waals surface area contributed by atoms with E-state index in [0.29, 0.717) is 36.7 Å². The monoisotopic (exact) mass is 423 g/mol. The van der Waals surface area contributed by atoms with Crippen LogP contribution < -0.4 is 14.5 Å². The van der Waals surface area contributed by atoms with Crippen LogP contribution in [0.3, 0.4) is 0 Å². The zero-order valence-corrected chi connectivity index (χ0v) is 18.5. The lowest BCUT2D eigenvalue weighted by Gasteiger charge is -2.26. The molecule has 0 saturated heterocycles. The number of unbranched alkanes of at least 4 members (excludes halogenated alkanes) is 2. The van der Waals surface area contributed by atoms with E-state index in [1.165, 1.54) is 0 Å². The fourth-order valence-electron chi connectivity index (χ4n) is 2.85. The summed E-state index contributed by atoms with van der Waals surface area (Å²) in [6, 6.07) is 5.49. The number of nitrogens with one attached hydrogen (secondary N) is 1. The topological polar surface area (TPSA) is 110 Å². The number of carbonyl (C=O) groups is 1. The van der Waals surface area contributed by atoms with Gasteiger partial charge in [-0.2, -0.15) is 5.26 Å². The predicted molar refractivity (Wildman–Crippen MR) is 117 cm³/mol. The van der Waals surface area contributed by atoms with Gasteiger partial charge in [0.25, 0.3) is 5.91 Å². The van der Waals surface area contributed by atoms with Crippen molar-refractivity contribution in [2.75, 3.05) is 48.2 Å². The number of nitrogens with zero attached hydrogens (tertiary/aromatic N) is 4. The van der Waals surface area contributed by atoms with E-state index in [9.17, 15) is 9.00 Å². The number of carbonyl (C=O) groups excluding carboxylic acids is 1. The average molecular weight is 424 g/mol. The maximum Gasteiger partial charge on any atom is 0.251 e. The summed E-state index contributed by atoms with van der Waals surface area (Å²) in [5, 5.41) is 20.7. The number of hydrogen-bond donors (Lipinski definition) is 2. The molecule has 2 N–H and O–H groups in total. The first-order valence-electron chi connectivity index (χ1n) is 10.1. The maximum atomic E-state index is 12.5. The van der Waals surface area contributed by atoms with Gasteiger partial charge >= 0.3 is 0 Å². The molecule has 1 rings (SSSR count). The molecule has 8 nitrogen and oxygen atoms in total. The second kappa shape index (κ2) is 13.9. The van der Waals surface area contributed by atoms with Crippen LogP contribution >= 0.6 is 0 Å². The summed E-state index contributed by atoms with van der Waals surface area (Å²) in [5.74, 6) is 0.738. The Morgan fingerprint density at radius 1 is 1.21 bits per heavy atom. The minimum absolute atomic E-state index is 0.150. The average Bonchev–Trinajstić information content (AvgIpc) is 2.72. The van der Waals surface area contributed by atoms with Gasteiger partial charge in [-0.15, -0.1) is 0 Å². The van der Waals surface area contributed by atoms with Crippen molar-refractivity contribution in [1.29, 1.82) is 5.26 Å². The SMILES string of the molecule is CCCCCN(CCC#N)c1cc(C(=O)NCCO)cc(N(CCC)S(C)=O)n1. The van der Waals surface area contributed by atoms with Crippen LogP contribution in [0.15, 0.2) is 12.1 Å². The number of pyridine rings is 1. The number of rotatable bonds is 14. The van der Waals surface area contributed by atoms with Crippen LogP contribution in [0.5, 0.6) is 0 Å². The van der Waals surface area contributed by atoms with Gasteiger partial charge < -0.3 is 15.3 Å². The van der Waals surface area contributed by atoms with Gasteiger partial charge in [-0.1, -0.05) is 26.7 Å². The molecule has 1 aromatic heterocycles. The fourth-order valence-corrected chi connectivity index (χ4v) is 3.65. The molecule has 0 aliphatic rings. The molecule has 0 aliphatic heterocycles. The van der Waals surface area contributed by atoms with Crippen molar-refractivity contribution < 1.29 is 14.1 Å².